The van der Waals surface area contributed by atoms with E-state index in [0.717, 1.165) is 11.3 Å². The summed E-state index contributed by atoms with van der Waals surface area (Å²) in [6, 6.07) is 11.3. The summed E-state index contributed by atoms with van der Waals surface area (Å²) in [6.45, 7) is 0. The third kappa shape index (κ3) is 3.19. The number of H-pyrrole nitrogens is 1. The monoisotopic (exact) mass is 337 g/mol. The number of aromatic nitrogens is 2. The van der Waals surface area contributed by atoms with E-state index in [-0.39, 0.29) is 5.56 Å². The van der Waals surface area contributed by atoms with Crippen molar-refractivity contribution in [3.63, 3.8) is 0 Å². The Balaban J connectivity index is 2.06. The van der Waals surface area contributed by atoms with Gasteiger partial charge in [-0.05, 0) is 35.9 Å². The molecule has 0 aliphatic rings. The number of aromatic carboxylic acids is 1. The Kier molecular flexibility index (Phi) is 4.43. The zero-order chi connectivity index (χ0) is 18.0. The van der Waals surface area contributed by atoms with E-state index in [0.29, 0.717) is 22.3 Å². The zero-order valence-electron chi connectivity index (χ0n) is 14.3. The fourth-order valence-electron chi connectivity index (χ4n) is 2.69. The SMILES string of the molecule is COc1c(C(=O)O)ccc2n[nH]c(/C=C/c3cccc(N(C)C)c3)c12. The molecule has 2 aromatic carbocycles. The number of fused-ring (bicyclic) bond motifs is 1. The average molecular weight is 337 g/mol. The number of methoxy groups -OCH3 is 1. The van der Waals surface area contributed by atoms with Crippen LogP contribution >= 0.6 is 0 Å². The van der Waals surface area contributed by atoms with E-state index < -0.39 is 5.97 Å². The summed E-state index contributed by atoms with van der Waals surface area (Å²) in [5, 5.41) is 17.2. The van der Waals surface area contributed by atoms with Crippen molar-refractivity contribution in [1.29, 1.82) is 0 Å². The highest BCUT2D eigenvalue weighted by Gasteiger charge is 2.17. The number of carboxylic acids is 1. The second-order valence-corrected chi connectivity index (χ2v) is 5.81. The molecule has 0 fully saturated rings. The van der Waals surface area contributed by atoms with Gasteiger partial charge in [0.15, 0.2) is 0 Å². The van der Waals surface area contributed by atoms with Crippen LogP contribution in [0.3, 0.4) is 0 Å². The normalized spacial score (nSPS) is 11.2. The maximum Gasteiger partial charge on any atom is 0.339 e. The van der Waals surface area contributed by atoms with E-state index in [9.17, 15) is 9.90 Å². The topological polar surface area (TPSA) is 78.5 Å². The number of hydrogen-bond acceptors (Lipinski definition) is 4. The molecule has 6 heteroatoms. The van der Waals surface area contributed by atoms with Crippen LogP contribution in [0.1, 0.15) is 21.6 Å². The summed E-state index contributed by atoms with van der Waals surface area (Å²) >= 11 is 0. The third-order valence-corrected chi connectivity index (χ3v) is 3.97. The van der Waals surface area contributed by atoms with Crippen LogP contribution in [0.4, 0.5) is 5.69 Å². The number of nitrogens with one attached hydrogen (secondary N) is 1. The average Bonchev–Trinajstić information content (AvgIpc) is 3.02. The lowest BCUT2D eigenvalue weighted by Crippen LogP contribution is -2.08. The van der Waals surface area contributed by atoms with Gasteiger partial charge in [-0.25, -0.2) is 4.79 Å². The first kappa shape index (κ1) is 16.6. The van der Waals surface area contributed by atoms with Crippen molar-refractivity contribution in [1.82, 2.24) is 10.2 Å². The number of carbonyl (C=O) groups is 1. The third-order valence-electron chi connectivity index (χ3n) is 3.97. The number of benzene rings is 2. The molecule has 0 radical (unpaired) electrons. The summed E-state index contributed by atoms with van der Waals surface area (Å²) in [7, 11) is 5.44. The van der Waals surface area contributed by atoms with Crippen LogP contribution in [0.5, 0.6) is 5.75 Å². The van der Waals surface area contributed by atoms with Crippen molar-refractivity contribution in [3.8, 4) is 5.75 Å². The number of nitrogens with zero attached hydrogens (tertiary/aromatic N) is 2. The molecule has 0 saturated heterocycles. The first-order valence-corrected chi connectivity index (χ1v) is 7.75. The molecular weight excluding hydrogens is 318 g/mol. The molecule has 0 spiro atoms. The minimum absolute atomic E-state index is 0.112. The largest absolute Gasteiger partial charge is 0.495 e. The quantitative estimate of drug-likeness (QED) is 0.745. The molecule has 0 saturated carbocycles. The Morgan fingerprint density at radius 3 is 2.72 bits per heavy atom. The van der Waals surface area contributed by atoms with Crippen molar-refractivity contribution in [2.45, 2.75) is 0 Å². The van der Waals surface area contributed by atoms with E-state index in [1.54, 1.807) is 6.07 Å². The van der Waals surface area contributed by atoms with Gasteiger partial charge in [-0.2, -0.15) is 5.10 Å². The lowest BCUT2D eigenvalue weighted by molar-refractivity contribution is 0.0693. The molecule has 0 bridgehead atoms. The second kappa shape index (κ2) is 6.68. The molecule has 0 aliphatic heterocycles. The number of carboxylic acid groups (broad SMARTS) is 1. The molecular formula is C19H19N3O3. The van der Waals surface area contributed by atoms with Gasteiger partial charge in [0.1, 0.15) is 11.3 Å². The predicted octanol–water partition coefficient (Wildman–Crippen LogP) is 3.51. The van der Waals surface area contributed by atoms with Crippen molar-refractivity contribution in [2.75, 3.05) is 26.1 Å². The molecule has 0 amide bonds. The van der Waals surface area contributed by atoms with Crippen LogP contribution in [0, 0.1) is 0 Å². The molecule has 3 rings (SSSR count). The van der Waals surface area contributed by atoms with Gasteiger partial charge >= 0.3 is 5.97 Å². The molecule has 0 unspecified atom stereocenters. The Bertz CT molecular complexity index is 958. The highest BCUT2D eigenvalue weighted by atomic mass is 16.5. The lowest BCUT2D eigenvalue weighted by Gasteiger charge is -2.12. The summed E-state index contributed by atoms with van der Waals surface area (Å²) in [5.41, 5.74) is 3.60. The standard InChI is InChI=1S/C19H19N3O3/c1-22(2)13-6-4-5-12(11-13)7-9-15-17-16(21-20-15)10-8-14(19(23)24)18(17)25-3/h4-11H,1-3H3,(H,20,21)(H,23,24)/b9-7+. The first-order valence-electron chi connectivity index (χ1n) is 7.75. The van der Waals surface area contributed by atoms with E-state index >= 15 is 0 Å². The molecule has 0 atom stereocenters. The van der Waals surface area contributed by atoms with Crippen LogP contribution < -0.4 is 9.64 Å². The van der Waals surface area contributed by atoms with Gasteiger partial charge < -0.3 is 14.7 Å². The van der Waals surface area contributed by atoms with Crippen molar-refractivity contribution >= 4 is 34.7 Å². The van der Waals surface area contributed by atoms with Gasteiger partial charge in [-0.1, -0.05) is 18.2 Å². The Labute approximate surface area is 145 Å². The number of ether oxygens (including phenoxy) is 1. The molecule has 128 valence electrons. The maximum absolute atomic E-state index is 11.4. The summed E-state index contributed by atoms with van der Waals surface area (Å²) < 4.78 is 5.34. The minimum atomic E-state index is -1.03. The predicted molar refractivity (Wildman–Crippen MR) is 99.3 cm³/mol. The summed E-state index contributed by atoms with van der Waals surface area (Å²) in [4.78, 5) is 13.4. The number of rotatable bonds is 5. The van der Waals surface area contributed by atoms with Crippen LogP contribution in [0.25, 0.3) is 23.1 Å². The number of aromatic amines is 1. The lowest BCUT2D eigenvalue weighted by atomic mass is 10.1. The van der Waals surface area contributed by atoms with Gasteiger partial charge in [-0.3, -0.25) is 5.10 Å². The van der Waals surface area contributed by atoms with E-state index in [1.807, 2.05) is 49.3 Å². The van der Waals surface area contributed by atoms with E-state index in [4.69, 9.17) is 4.74 Å². The number of anilines is 1. The highest BCUT2D eigenvalue weighted by molar-refractivity contribution is 6.02. The van der Waals surface area contributed by atoms with Crippen LogP contribution in [0.15, 0.2) is 36.4 Å². The van der Waals surface area contributed by atoms with Gasteiger partial charge in [0.05, 0.1) is 23.7 Å². The van der Waals surface area contributed by atoms with Gasteiger partial charge in [0.2, 0.25) is 0 Å². The number of hydrogen-bond donors (Lipinski definition) is 2. The first-order chi connectivity index (χ1) is 12.0. The van der Waals surface area contributed by atoms with Crippen molar-refractivity contribution in [2.24, 2.45) is 0 Å². The van der Waals surface area contributed by atoms with Crippen LogP contribution in [0.2, 0.25) is 0 Å². The molecule has 3 aromatic rings. The van der Waals surface area contributed by atoms with E-state index in [1.165, 1.54) is 13.2 Å². The van der Waals surface area contributed by atoms with Gasteiger partial charge in [0.25, 0.3) is 0 Å². The summed E-state index contributed by atoms with van der Waals surface area (Å²) in [6.07, 6.45) is 3.82. The zero-order valence-corrected chi connectivity index (χ0v) is 14.3. The highest BCUT2D eigenvalue weighted by Crippen LogP contribution is 2.32. The molecule has 1 heterocycles. The Morgan fingerprint density at radius 1 is 1.24 bits per heavy atom. The molecule has 25 heavy (non-hydrogen) atoms. The smallest absolute Gasteiger partial charge is 0.339 e. The molecule has 1 aromatic heterocycles. The van der Waals surface area contributed by atoms with Gasteiger partial charge in [0, 0.05) is 19.8 Å². The van der Waals surface area contributed by atoms with Crippen molar-refractivity contribution < 1.29 is 14.6 Å². The van der Waals surface area contributed by atoms with Gasteiger partial charge in [-0.15, -0.1) is 0 Å². The van der Waals surface area contributed by atoms with Crippen LogP contribution in [-0.4, -0.2) is 42.5 Å². The minimum Gasteiger partial charge on any atom is -0.495 e. The van der Waals surface area contributed by atoms with Crippen molar-refractivity contribution in [3.05, 3.63) is 53.2 Å². The summed E-state index contributed by atoms with van der Waals surface area (Å²) in [5.74, 6) is -0.728. The second-order valence-electron chi connectivity index (χ2n) is 5.81. The Morgan fingerprint density at radius 2 is 2.04 bits per heavy atom. The van der Waals surface area contributed by atoms with E-state index in [2.05, 4.69) is 16.3 Å². The molecule has 2 N–H and O–H groups in total. The maximum atomic E-state index is 11.4. The molecule has 6 nitrogen and oxygen atoms in total. The Hall–Kier alpha value is -3.28. The van der Waals surface area contributed by atoms with Crippen LogP contribution in [-0.2, 0) is 0 Å². The fourth-order valence-corrected chi connectivity index (χ4v) is 2.69. The molecule has 0 aliphatic carbocycles. The fraction of sp³-hybridized carbons (Fsp3) is 0.158.